The number of nitrogens with zero attached hydrogens (tertiary/aromatic N) is 4. The monoisotopic (exact) mass is 420 g/mol. The van der Waals surface area contributed by atoms with Gasteiger partial charge in [-0.2, -0.15) is 5.10 Å². The Labute approximate surface area is 183 Å². The van der Waals surface area contributed by atoms with Crippen LogP contribution in [0.1, 0.15) is 12.5 Å². The van der Waals surface area contributed by atoms with Crippen LogP contribution in [0.5, 0.6) is 0 Å². The summed E-state index contributed by atoms with van der Waals surface area (Å²) in [5.41, 5.74) is 7.00. The number of aromatic nitrogens is 6. The number of allylic oxidation sites excluding steroid dienone is 4. The molecule has 0 unspecified atom stereocenters. The molecule has 7 heteroatoms. The van der Waals surface area contributed by atoms with Gasteiger partial charge in [-0.3, -0.25) is 15.1 Å². The molecule has 0 aliphatic rings. The average Bonchev–Trinajstić information content (AvgIpc) is 3.46. The fourth-order valence-corrected chi connectivity index (χ4v) is 3.76. The van der Waals surface area contributed by atoms with E-state index in [2.05, 4.69) is 42.8 Å². The lowest BCUT2D eigenvalue weighted by Crippen LogP contribution is -1.87. The van der Waals surface area contributed by atoms with Crippen LogP contribution in [-0.2, 0) is 0 Å². The lowest BCUT2D eigenvalue weighted by atomic mass is 10.0. The molecule has 0 aliphatic carbocycles. The molecule has 0 fully saturated rings. The Morgan fingerprint density at radius 1 is 1.06 bits per heavy atom. The van der Waals surface area contributed by atoms with Gasteiger partial charge in [0.05, 0.1) is 17.4 Å². The van der Waals surface area contributed by atoms with E-state index < -0.39 is 0 Å². The highest BCUT2D eigenvalue weighted by Crippen LogP contribution is 2.33. The van der Waals surface area contributed by atoms with E-state index >= 15 is 0 Å². The van der Waals surface area contributed by atoms with Gasteiger partial charge in [-0.05, 0) is 54.5 Å². The predicted octanol–water partition coefficient (Wildman–Crippen LogP) is 5.59. The summed E-state index contributed by atoms with van der Waals surface area (Å²) in [5, 5.41) is 19.3. The van der Waals surface area contributed by atoms with E-state index in [-0.39, 0.29) is 5.76 Å². The summed E-state index contributed by atoms with van der Waals surface area (Å²) in [6.07, 6.45) is 13.9. The zero-order valence-corrected chi connectivity index (χ0v) is 17.4. The summed E-state index contributed by atoms with van der Waals surface area (Å²) < 4.78 is 0. The van der Waals surface area contributed by atoms with Crippen molar-refractivity contribution in [1.29, 1.82) is 0 Å². The van der Waals surface area contributed by atoms with E-state index in [0.29, 0.717) is 5.65 Å². The molecule has 0 saturated carbocycles. The maximum atomic E-state index is 9.88. The maximum Gasteiger partial charge on any atom is 0.155 e. The largest absolute Gasteiger partial charge is 0.508 e. The van der Waals surface area contributed by atoms with Crippen LogP contribution in [0.25, 0.3) is 50.0 Å². The minimum absolute atomic E-state index is 0.0948. The van der Waals surface area contributed by atoms with Gasteiger partial charge in [0.1, 0.15) is 11.5 Å². The van der Waals surface area contributed by atoms with Crippen LogP contribution in [0, 0.1) is 0 Å². The van der Waals surface area contributed by atoms with E-state index in [1.54, 1.807) is 24.7 Å². The Morgan fingerprint density at radius 3 is 2.69 bits per heavy atom. The molecule has 0 saturated heterocycles. The fraction of sp³-hybridized carbons (Fsp3) is 0.0400. The molecule has 0 radical (unpaired) electrons. The Bertz CT molecular complexity index is 1510. The molecule has 0 aromatic carbocycles. The molecule has 0 amide bonds. The molecule has 5 rings (SSSR count). The van der Waals surface area contributed by atoms with Crippen LogP contribution in [-0.4, -0.2) is 35.2 Å². The molecule has 0 bridgehead atoms. The van der Waals surface area contributed by atoms with Gasteiger partial charge in [0.2, 0.25) is 0 Å². The number of hydrogen-bond acceptors (Lipinski definition) is 5. The molecule has 3 N–H and O–H groups in total. The SMILES string of the molecule is C=C/C(O)=C\C(=C/C)c1cnc2[nH]nc(-c3cc4c(-c5ccncc5)cncc4[nH]3)c2c1. The molecule has 0 atom stereocenters. The zero-order valence-electron chi connectivity index (χ0n) is 17.4. The number of H-pyrrole nitrogens is 2. The van der Waals surface area contributed by atoms with Crippen LogP contribution >= 0.6 is 0 Å². The molecule has 5 heterocycles. The minimum Gasteiger partial charge on any atom is -0.508 e. The fourth-order valence-electron chi connectivity index (χ4n) is 3.76. The van der Waals surface area contributed by atoms with Gasteiger partial charge in [0.15, 0.2) is 5.65 Å². The molecule has 0 aliphatic heterocycles. The van der Waals surface area contributed by atoms with E-state index in [4.69, 9.17) is 0 Å². The topological polar surface area (TPSA) is 103 Å². The second-order valence-corrected chi connectivity index (χ2v) is 7.28. The normalized spacial score (nSPS) is 12.5. The van der Waals surface area contributed by atoms with Gasteiger partial charge in [0.25, 0.3) is 0 Å². The standard InChI is InChI=1S/C25H20N6O/c1-3-15(9-18(32)4-2)17-10-20-24(30-31-25(20)28-12-17)22-11-19-21(13-27-14-23(19)29-22)16-5-7-26-8-6-16/h3-14,29,32H,2H2,1H3,(H,28,30,31)/b15-3+,18-9+. The summed E-state index contributed by atoms with van der Waals surface area (Å²) in [6, 6.07) is 8.02. The van der Waals surface area contributed by atoms with Crippen molar-refractivity contribution < 1.29 is 5.11 Å². The van der Waals surface area contributed by atoms with Crippen molar-refractivity contribution in [3.05, 3.63) is 91.4 Å². The summed E-state index contributed by atoms with van der Waals surface area (Å²) in [4.78, 5) is 16.5. The van der Waals surface area contributed by atoms with Crippen molar-refractivity contribution in [3.8, 4) is 22.5 Å². The molecule has 5 aromatic rings. The summed E-state index contributed by atoms with van der Waals surface area (Å²) in [6.45, 7) is 5.51. The molecule has 32 heavy (non-hydrogen) atoms. The first-order valence-electron chi connectivity index (χ1n) is 10.1. The highest BCUT2D eigenvalue weighted by molar-refractivity contribution is 6.00. The van der Waals surface area contributed by atoms with Gasteiger partial charge in [-0.15, -0.1) is 0 Å². The maximum absolute atomic E-state index is 9.88. The van der Waals surface area contributed by atoms with Crippen molar-refractivity contribution in [1.82, 2.24) is 30.1 Å². The number of aliphatic hydroxyl groups is 1. The van der Waals surface area contributed by atoms with E-state index in [9.17, 15) is 5.11 Å². The van der Waals surface area contributed by atoms with Crippen LogP contribution < -0.4 is 0 Å². The molecular weight excluding hydrogens is 400 g/mol. The van der Waals surface area contributed by atoms with Crippen LogP contribution in [0.3, 0.4) is 0 Å². The van der Waals surface area contributed by atoms with E-state index in [1.165, 1.54) is 6.08 Å². The number of fused-ring (bicyclic) bond motifs is 2. The molecule has 0 spiro atoms. The summed E-state index contributed by atoms with van der Waals surface area (Å²) >= 11 is 0. The predicted molar refractivity (Wildman–Crippen MR) is 127 cm³/mol. The Hall–Kier alpha value is -4.52. The lowest BCUT2D eigenvalue weighted by molar-refractivity contribution is 0.433. The molecule has 156 valence electrons. The van der Waals surface area contributed by atoms with Gasteiger partial charge >= 0.3 is 0 Å². The quantitative estimate of drug-likeness (QED) is 0.254. The third-order valence-corrected chi connectivity index (χ3v) is 5.37. The lowest BCUT2D eigenvalue weighted by Gasteiger charge is -2.03. The van der Waals surface area contributed by atoms with E-state index in [1.807, 2.05) is 43.6 Å². The van der Waals surface area contributed by atoms with Gasteiger partial charge in [0, 0.05) is 46.7 Å². The first kappa shape index (κ1) is 19.4. The molecule has 7 nitrogen and oxygen atoms in total. The first-order chi connectivity index (χ1) is 15.7. The van der Waals surface area contributed by atoms with Gasteiger partial charge < -0.3 is 10.1 Å². The third-order valence-electron chi connectivity index (χ3n) is 5.37. The number of nitrogens with one attached hydrogen (secondary N) is 2. The summed E-state index contributed by atoms with van der Waals surface area (Å²) in [5.74, 6) is 0.0948. The molecule has 5 aromatic heterocycles. The van der Waals surface area contributed by atoms with Crippen molar-refractivity contribution in [2.75, 3.05) is 0 Å². The zero-order chi connectivity index (χ0) is 22.1. The van der Waals surface area contributed by atoms with Crippen LogP contribution in [0.4, 0.5) is 0 Å². The van der Waals surface area contributed by atoms with Gasteiger partial charge in [-0.1, -0.05) is 12.7 Å². The number of pyridine rings is 3. The van der Waals surface area contributed by atoms with Crippen molar-refractivity contribution in [2.24, 2.45) is 0 Å². The third kappa shape index (κ3) is 3.35. The minimum atomic E-state index is 0.0948. The summed E-state index contributed by atoms with van der Waals surface area (Å²) in [7, 11) is 0. The highest BCUT2D eigenvalue weighted by Gasteiger charge is 2.15. The Kier molecular flexibility index (Phi) is 4.84. The number of hydrogen-bond donors (Lipinski definition) is 3. The second kappa shape index (κ2) is 7.96. The highest BCUT2D eigenvalue weighted by atomic mass is 16.3. The smallest absolute Gasteiger partial charge is 0.155 e. The second-order valence-electron chi connectivity index (χ2n) is 7.28. The molecular formula is C25H20N6O. The van der Waals surface area contributed by atoms with Gasteiger partial charge in [-0.25, -0.2) is 4.98 Å². The number of aliphatic hydroxyl groups excluding tert-OH is 1. The van der Waals surface area contributed by atoms with Crippen molar-refractivity contribution >= 4 is 27.5 Å². The Balaban J connectivity index is 1.65. The van der Waals surface area contributed by atoms with Crippen molar-refractivity contribution in [3.63, 3.8) is 0 Å². The Morgan fingerprint density at radius 2 is 1.91 bits per heavy atom. The number of rotatable bonds is 5. The van der Waals surface area contributed by atoms with Crippen molar-refractivity contribution in [2.45, 2.75) is 6.92 Å². The van der Waals surface area contributed by atoms with E-state index in [0.717, 1.165) is 49.9 Å². The first-order valence-corrected chi connectivity index (χ1v) is 10.1. The number of aromatic amines is 2. The average molecular weight is 420 g/mol. The van der Waals surface area contributed by atoms with Crippen LogP contribution in [0.2, 0.25) is 0 Å². The van der Waals surface area contributed by atoms with Crippen LogP contribution in [0.15, 0.2) is 85.8 Å².